The average Bonchev–Trinajstić information content (AvgIpc) is 3.29. The molecule has 0 unspecified atom stereocenters. The Labute approximate surface area is 195 Å². The second-order valence-corrected chi connectivity index (χ2v) is 11.8. The number of rotatable bonds is 2. The third-order valence-electron chi connectivity index (χ3n) is 5.37. The number of ether oxygens (including phenoxy) is 1. The molecule has 30 heavy (non-hydrogen) atoms. The zero-order valence-corrected chi connectivity index (χ0v) is 20.3. The standard InChI is InChI=1S/C22H16ClNO2S4/c1-22(2)19-16(21(27)30-29-19)12-9-8-11(23)10-14(12)24(22)20(25)18-17(26-3)13-6-4-5-7-15(13)28-18/h4-10H,1-3H3. The third kappa shape index (κ3) is 2.80. The Balaban J connectivity index is 1.78. The van der Waals surface area contributed by atoms with Crippen LogP contribution in [0.25, 0.3) is 21.2 Å². The maximum Gasteiger partial charge on any atom is 0.273 e. The van der Waals surface area contributed by atoms with Gasteiger partial charge in [0, 0.05) is 26.2 Å². The van der Waals surface area contributed by atoms with E-state index in [9.17, 15) is 4.79 Å². The van der Waals surface area contributed by atoms with E-state index in [1.54, 1.807) is 27.8 Å². The van der Waals surface area contributed by atoms with Gasteiger partial charge < -0.3 is 4.74 Å². The van der Waals surface area contributed by atoms with Gasteiger partial charge in [0.1, 0.15) is 14.5 Å². The third-order valence-corrected chi connectivity index (χ3v) is 10.1. The average molecular weight is 490 g/mol. The Morgan fingerprint density at radius 2 is 1.93 bits per heavy atom. The molecule has 3 heterocycles. The molecule has 0 saturated heterocycles. The number of fused-ring (bicyclic) bond motifs is 4. The summed E-state index contributed by atoms with van der Waals surface area (Å²) in [5, 5.41) is 1.53. The van der Waals surface area contributed by atoms with Gasteiger partial charge in [0.2, 0.25) is 0 Å². The van der Waals surface area contributed by atoms with E-state index < -0.39 is 5.54 Å². The van der Waals surface area contributed by atoms with Crippen molar-refractivity contribution in [2.24, 2.45) is 0 Å². The van der Waals surface area contributed by atoms with Crippen molar-refractivity contribution < 1.29 is 9.53 Å². The molecule has 1 aliphatic rings. The summed E-state index contributed by atoms with van der Waals surface area (Å²) < 4.78 is 7.55. The van der Waals surface area contributed by atoms with Crippen molar-refractivity contribution in [3.8, 4) is 16.9 Å². The fourth-order valence-electron chi connectivity index (χ4n) is 4.03. The zero-order valence-electron chi connectivity index (χ0n) is 16.3. The zero-order chi connectivity index (χ0) is 21.2. The molecular formula is C22H16ClNO2S4. The lowest BCUT2D eigenvalue weighted by molar-refractivity contribution is 0.0963. The summed E-state index contributed by atoms with van der Waals surface area (Å²) in [5.41, 5.74) is 2.19. The molecule has 152 valence electrons. The van der Waals surface area contributed by atoms with Crippen molar-refractivity contribution in [3.05, 3.63) is 61.1 Å². The van der Waals surface area contributed by atoms with E-state index in [0.717, 1.165) is 35.6 Å². The molecule has 0 saturated carbocycles. The first-order chi connectivity index (χ1) is 14.3. The Hall–Kier alpha value is -1.77. The van der Waals surface area contributed by atoms with Crippen LogP contribution in [0.4, 0.5) is 5.69 Å². The Morgan fingerprint density at radius 3 is 2.70 bits per heavy atom. The number of carbonyl (C=O) groups is 1. The minimum atomic E-state index is -0.580. The number of amides is 1. The van der Waals surface area contributed by atoms with E-state index in [2.05, 4.69) is 13.8 Å². The monoisotopic (exact) mass is 489 g/mol. The number of nitrogens with zero attached hydrogens (tertiary/aromatic N) is 1. The van der Waals surface area contributed by atoms with E-state index in [-0.39, 0.29) is 5.91 Å². The number of halogens is 1. The van der Waals surface area contributed by atoms with Crippen LogP contribution >= 0.6 is 55.8 Å². The highest BCUT2D eigenvalue weighted by atomic mass is 35.5. The predicted octanol–water partition coefficient (Wildman–Crippen LogP) is 7.98. The summed E-state index contributed by atoms with van der Waals surface area (Å²) in [6.45, 7) is 4.12. The second-order valence-electron chi connectivity index (χ2n) is 7.48. The molecule has 0 fully saturated rings. The number of thiophene rings is 1. The fourth-order valence-corrected chi connectivity index (χ4v) is 8.58. The number of methoxy groups -OCH3 is 1. The SMILES string of the molecule is COc1c(C(=O)N2c3cc(Cl)ccc3-c3c(ssc3=S)C2(C)C)sc2ccccc12. The van der Waals surface area contributed by atoms with Gasteiger partial charge >= 0.3 is 0 Å². The molecule has 0 radical (unpaired) electrons. The molecule has 8 heteroatoms. The van der Waals surface area contributed by atoms with Gasteiger partial charge in [-0.15, -0.1) is 11.3 Å². The smallest absolute Gasteiger partial charge is 0.273 e. The first kappa shape index (κ1) is 20.2. The van der Waals surface area contributed by atoms with Crippen LogP contribution < -0.4 is 9.64 Å². The van der Waals surface area contributed by atoms with Crippen LogP contribution in [0.1, 0.15) is 28.4 Å². The number of hydrogen-bond donors (Lipinski definition) is 0. The van der Waals surface area contributed by atoms with Crippen LogP contribution in [-0.2, 0) is 5.54 Å². The lowest BCUT2D eigenvalue weighted by Gasteiger charge is -2.42. The molecule has 4 aromatic rings. The quantitative estimate of drug-likeness (QED) is 0.211. The number of hydrogen-bond acceptors (Lipinski definition) is 6. The topological polar surface area (TPSA) is 29.5 Å². The normalized spacial score (nSPS) is 14.5. The maximum atomic E-state index is 14.1. The first-order valence-corrected chi connectivity index (χ1v) is 12.9. The fraction of sp³-hybridized carbons (Fsp3) is 0.182. The molecule has 2 aromatic carbocycles. The summed E-state index contributed by atoms with van der Waals surface area (Å²) in [4.78, 5) is 17.6. The van der Waals surface area contributed by atoms with E-state index in [0.29, 0.717) is 15.6 Å². The molecule has 1 amide bonds. The van der Waals surface area contributed by atoms with E-state index in [4.69, 9.17) is 28.6 Å². The van der Waals surface area contributed by atoms with Gasteiger partial charge in [-0.2, -0.15) is 0 Å². The molecular weight excluding hydrogens is 474 g/mol. The van der Waals surface area contributed by atoms with Crippen molar-refractivity contribution in [2.75, 3.05) is 12.0 Å². The van der Waals surface area contributed by atoms with Crippen molar-refractivity contribution in [3.63, 3.8) is 0 Å². The molecule has 3 nitrogen and oxygen atoms in total. The largest absolute Gasteiger partial charge is 0.494 e. The number of benzene rings is 2. The highest BCUT2D eigenvalue weighted by Gasteiger charge is 2.44. The highest BCUT2D eigenvalue weighted by molar-refractivity contribution is 7.80. The van der Waals surface area contributed by atoms with Gasteiger partial charge in [0.15, 0.2) is 0 Å². The van der Waals surface area contributed by atoms with Crippen LogP contribution in [0.5, 0.6) is 5.75 Å². The van der Waals surface area contributed by atoms with Crippen LogP contribution in [0, 0.1) is 3.82 Å². The number of carbonyl (C=O) groups excluding carboxylic acids is 1. The molecule has 0 atom stereocenters. The highest BCUT2D eigenvalue weighted by Crippen LogP contribution is 2.53. The Morgan fingerprint density at radius 1 is 1.17 bits per heavy atom. The molecule has 0 bridgehead atoms. The molecule has 1 aliphatic heterocycles. The van der Waals surface area contributed by atoms with Crippen molar-refractivity contribution in [1.82, 2.24) is 0 Å². The summed E-state index contributed by atoms with van der Waals surface area (Å²) in [5.74, 6) is 0.514. The Kier molecular flexibility index (Phi) is 4.79. The van der Waals surface area contributed by atoms with Crippen LogP contribution in [0.3, 0.4) is 0 Å². The molecule has 5 rings (SSSR count). The van der Waals surface area contributed by atoms with Crippen molar-refractivity contribution >= 4 is 77.5 Å². The second kappa shape index (κ2) is 7.14. The van der Waals surface area contributed by atoms with Gasteiger partial charge in [-0.05, 0) is 38.1 Å². The van der Waals surface area contributed by atoms with E-state index in [1.165, 1.54) is 11.3 Å². The van der Waals surface area contributed by atoms with E-state index in [1.807, 2.05) is 47.4 Å². The van der Waals surface area contributed by atoms with E-state index >= 15 is 0 Å². The van der Waals surface area contributed by atoms with Crippen LogP contribution in [0.15, 0.2) is 42.5 Å². The lowest BCUT2D eigenvalue weighted by atomic mass is 9.87. The molecule has 2 aromatic heterocycles. The van der Waals surface area contributed by atoms with Gasteiger partial charge in [-0.25, -0.2) is 0 Å². The minimum Gasteiger partial charge on any atom is -0.494 e. The molecule has 0 aliphatic carbocycles. The summed E-state index contributed by atoms with van der Waals surface area (Å²) in [6, 6.07) is 13.6. The first-order valence-electron chi connectivity index (χ1n) is 9.18. The lowest BCUT2D eigenvalue weighted by Crippen LogP contribution is -2.47. The number of anilines is 1. The summed E-state index contributed by atoms with van der Waals surface area (Å²) in [6.07, 6.45) is 0. The van der Waals surface area contributed by atoms with Crippen molar-refractivity contribution in [1.29, 1.82) is 0 Å². The van der Waals surface area contributed by atoms with Gasteiger partial charge in [0.05, 0.1) is 23.2 Å². The van der Waals surface area contributed by atoms with Crippen LogP contribution in [0.2, 0.25) is 5.02 Å². The molecule has 0 spiro atoms. The Bertz CT molecular complexity index is 1380. The predicted molar refractivity (Wildman–Crippen MR) is 132 cm³/mol. The minimum absolute atomic E-state index is 0.100. The van der Waals surface area contributed by atoms with Crippen molar-refractivity contribution in [2.45, 2.75) is 19.4 Å². The summed E-state index contributed by atoms with van der Waals surface area (Å²) in [7, 11) is 4.83. The summed E-state index contributed by atoms with van der Waals surface area (Å²) >= 11 is 13.5. The van der Waals surface area contributed by atoms with Crippen LogP contribution in [-0.4, -0.2) is 13.0 Å². The van der Waals surface area contributed by atoms with Gasteiger partial charge in [-0.1, -0.05) is 62.7 Å². The maximum absolute atomic E-state index is 14.1. The van der Waals surface area contributed by atoms with Gasteiger partial charge in [-0.3, -0.25) is 9.69 Å². The van der Waals surface area contributed by atoms with Gasteiger partial charge in [0.25, 0.3) is 5.91 Å². The molecule has 0 N–H and O–H groups in total.